The van der Waals surface area contributed by atoms with E-state index < -0.39 is 28.3 Å². The molecule has 0 amide bonds. The summed E-state index contributed by atoms with van der Waals surface area (Å²) in [7, 11) is -2.16. The zero-order valence-corrected chi connectivity index (χ0v) is 16.5. The van der Waals surface area contributed by atoms with Crippen LogP contribution >= 0.6 is 0 Å². The van der Waals surface area contributed by atoms with Gasteiger partial charge in [0.2, 0.25) is 9.84 Å². The predicted molar refractivity (Wildman–Crippen MR) is 103 cm³/mol. The first-order valence-corrected chi connectivity index (χ1v) is 10.3. The summed E-state index contributed by atoms with van der Waals surface area (Å²) in [6, 6.07) is 16.5. The van der Waals surface area contributed by atoms with Crippen molar-refractivity contribution < 1.29 is 22.6 Å². The fourth-order valence-corrected chi connectivity index (χ4v) is 4.54. The average Bonchev–Trinajstić information content (AvgIpc) is 2.67. The Hall–Kier alpha value is -1.99. The van der Waals surface area contributed by atoms with Crippen molar-refractivity contribution in [3.8, 4) is 0 Å². The summed E-state index contributed by atoms with van der Waals surface area (Å²) in [5.41, 5.74) is 1.99. The van der Waals surface area contributed by atoms with Gasteiger partial charge in [0.15, 0.2) is 6.29 Å². The molecule has 0 aromatic heterocycles. The van der Waals surface area contributed by atoms with E-state index in [0.717, 1.165) is 11.1 Å². The van der Waals surface area contributed by atoms with E-state index in [2.05, 4.69) is 0 Å². The third-order valence-corrected chi connectivity index (χ3v) is 6.48. The highest BCUT2D eigenvalue weighted by molar-refractivity contribution is 7.95. The first kappa shape index (κ1) is 19.8. The lowest BCUT2D eigenvalue weighted by molar-refractivity contribution is -0.203. The number of sulfone groups is 1. The second-order valence-electron chi connectivity index (χ2n) is 6.53. The van der Waals surface area contributed by atoms with Crippen LogP contribution in [0.5, 0.6) is 0 Å². The van der Waals surface area contributed by atoms with E-state index >= 15 is 0 Å². The number of ether oxygens (including phenoxy) is 3. The lowest BCUT2D eigenvalue weighted by Gasteiger charge is -2.33. The third kappa shape index (κ3) is 4.47. The molecule has 0 bridgehead atoms. The van der Waals surface area contributed by atoms with Crippen molar-refractivity contribution in [1.82, 2.24) is 0 Å². The van der Waals surface area contributed by atoms with E-state index in [1.807, 2.05) is 37.3 Å². The van der Waals surface area contributed by atoms with Gasteiger partial charge in [0.25, 0.3) is 0 Å². The summed E-state index contributed by atoms with van der Waals surface area (Å²) in [5.74, 6) is 0. The van der Waals surface area contributed by atoms with Crippen LogP contribution in [-0.4, -0.2) is 34.0 Å². The minimum atomic E-state index is -3.67. The number of rotatable bonds is 6. The van der Waals surface area contributed by atoms with E-state index in [9.17, 15) is 8.42 Å². The fourth-order valence-electron chi connectivity index (χ4n) is 2.97. The van der Waals surface area contributed by atoms with Crippen LogP contribution in [0.2, 0.25) is 0 Å². The molecule has 3 atom stereocenters. The van der Waals surface area contributed by atoms with Crippen molar-refractivity contribution in [2.45, 2.75) is 43.8 Å². The lowest BCUT2D eigenvalue weighted by Crippen LogP contribution is -2.41. The van der Waals surface area contributed by atoms with Crippen molar-refractivity contribution in [2.75, 3.05) is 7.11 Å². The highest BCUT2D eigenvalue weighted by atomic mass is 32.2. The van der Waals surface area contributed by atoms with Gasteiger partial charge in [-0.25, -0.2) is 8.42 Å². The van der Waals surface area contributed by atoms with Crippen molar-refractivity contribution in [3.63, 3.8) is 0 Å². The van der Waals surface area contributed by atoms with Gasteiger partial charge in [-0.2, -0.15) is 0 Å². The highest BCUT2D eigenvalue weighted by Gasteiger charge is 2.36. The maximum absolute atomic E-state index is 13.1. The van der Waals surface area contributed by atoms with Crippen molar-refractivity contribution in [1.29, 1.82) is 0 Å². The minimum absolute atomic E-state index is 0.192. The Morgan fingerprint density at radius 3 is 2.33 bits per heavy atom. The molecule has 2 aromatic rings. The Balaban J connectivity index is 1.88. The van der Waals surface area contributed by atoms with Crippen LogP contribution in [0.15, 0.2) is 70.5 Å². The summed E-state index contributed by atoms with van der Waals surface area (Å²) < 4.78 is 43.2. The Morgan fingerprint density at radius 1 is 1.04 bits per heavy atom. The number of hydrogen-bond acceptors (Lipinski definition) is 5. The zero-order valence-electron chi connectivity index (χ0n) is 15.7. The SMILES string of the molecule is CO[C@H]1O[C@H](C)C(S(=O)(=O)c2ccc(C)cc2)=C[C@H]1OCc1ccccc1. The summed E-state index contributed by atoms with van der Waals surface area (Å²) in [6.45, 7) is 3.95. The molecule has 0 unspecified atom stereocenters. The maximum Gasteiger partial charge on any atom is 0.205 e. The summed E-state index contributed by atoms with van der Waals surface area (Å²) in [6.07, 6.45) is -0.305. The highest BCUT2D eigenvalue weighted by Crippen LogP contribution is 2.30. The predicted octanol–water partition coefficient (Wildman–Crippen LogP) is 3.63. The van der Waals surface area contributed by atoms with Gasteiger partial charge >= 0.3 is 0 Å². The Morgan fingerprint density at radius 2 is 1.70 bits per heavy atom. The fraction of sp³-hybridized carbons (Fsp3) is 0.333. The zero-order chi connectivity index (χ0) is 19.4. The molecule has 0 saturated carbocycles. The molecule has 27 heavy (non-hydrogen) atoms. The molecule has 0 fully saturated rings. The quantitative estimate of drug-likeness (QED) is 0.756. The Bertz CT molecular complexity index is 888. The molecule has 2 aromatic carbocycles. The van der Waals surface area contributed by atoms with Crippen LogP contribution in [0.4, 0.5) is 0 Å². The molecular formula is C21H24O5S. The van der Waals surface area contributed by atoms with E-state index in [1.165, 1.54) is 7.11 Å². The molecular weight excluding hydrogens is 364 g/mol. The van der Waals surface area contributed by atoms with Crippen LogP contribution < -0.4 is 0 Å². The monoisotopic (exact) mass is 388 g/mol. The van der Waals surface area contributed by atoms with Gasteiger partial charge in [0, 0.05) is 7.11 Å². The van der Waals surface area contributed by atoms with Crippen LogP contribution in [-0.2, 0) is 30.7 Å². The van der Waals surface area contributed by atoms with Crippen LogP contribution in [0, 0.1) is 6.92 Å². The second-order valence-corrected chi connectivity index (χ2v) is 8.48. The van der Waals surface area contributed by atoms with Gasteiger partial charge in [-0.05, 0) is 37.6 Å². The number of benzene rings is 2. The van der Waals surface area contributed by atoms with Crippen LogP contribution in [0.1, 0.15) is 18.1 Å². The van der Waals surface area contributed by atoms with Gasteiger partial charge in [0.05, 0.1) is 22.5 Å². The maximum atomic E-state index is 13.1. The standard InChI is InChI=1S/C21H24O5S/c1-15-9-11-18(12-10-15)27(22,23)20-13-19(21(24-3)26-16(20)2)25-14-17-7-5-4-6-8-17/h4-13,16,19,21H,14H2,1-3H3/t16-,19-,21+/m1/s1. The van der Waals surface area contributed by atoms with Crippen molar-refractivity contribution in [3.05, 3.63) is 76.7 Å². The number of hydrogen-bond donors (Lipinski definition) is 0. The third-order valence-electron chi connectivity index (χ3n) is 4.49. The molecule has 0 saturated heterocycles. The second kappa shape index (κ2) is 8.35. The molecule has 3 rings (SSSR count). The minimum Gasteiger partial charge on any atom is -0.364 e. The molecule has 0 spiro atoms. The van der Waals surface area contributed by atoms with E-state index in [0.29, 0.717) is 6.61 Å². The Labute approximate surface area is 160 Å². The van der Waals surface area contributed by atoms with Crippen molar-refractivity contribution >= 4 is 9.84 Å². The number of aryl methyl sites for hydroxylation is 1. The van der Waals surface area contributed by atoms with E-state index in [4.69, 9.17) is 14.2 Å². The molecule has 6 heteroatoms. The lowest BCUT2D eigenvalue weighted by atomic mass is 10.2. The van der Waals surface area contributed by atoms with Crippen LogP contribution in [0.3, 0.4) is 0 Å². The summed E-state index contributed by atoms with van der Waals surface area (Å²) in [4.78, 5) is 0.435. The van der Waals surface area contributed by atoms with Gasteiger partial charge in [-0.1, -0.05) is 48.0 Å². The van der Waals surface area contributed by atoms with Gasteiger partial charge < -0.3 is 14.2 Å². The molecule has 0 radical (unpaired) electrons. The molecule has 1 heterocycles. The van der Waals surface area contributed by atoms with E-state index in [1.54, 1.807) is 37.3 Å². The topological polar surface area (TPSA) is 61.8 Å². The van der Waals surface area contributed by atoms with Crippen molar-refractivity contribution in [2.24, 2.45) is 0 Å². The first-order chi connectivity index (χ1) is 12.9. The van der Waals surface area contributed by atoms with Gasteiger partial charge in [-0.3, -0.25) is 0 Å². The number of methoxy groups -OCH3 is 1. The summed E-state index contributed by atoms with van der Waals surface area (Å²) >= 11 is 0. The smallest absolute Gasteiger partial charge is 0.205 e. The molecule has 144 valence electrons. The summed E-state index contributed by atoms with van der Waals surface area (Å²) in [5, 5.41) is 0. The average molecular weight is 388 g/mol. The van der Waals surface area contributed by atoms with Gasteiger partial charge in [-0.15, -0.1) is 0 Å². The molecule has 1 aliphatic heterocycles. The van der Waals surface area contributed by atoms with Crippen LogP contribution in [0.25, 0.3) is 0 Å². The molecule has 0 N–H and O–H groups in total. The first-order valence-electron chi connectivity index (χ1n) is 8.79. The normalized spacial score (nSPS) is 23.1. The molecule has 5 nitrogen and oxygen atoms in total. The van der Waals surface area contributed by atoms with Gasteiger partial charge in [0.1, 0.15) is 6.10 Å². The largest absolute Gasteiger partial charge is 0.364 e. The molecule has 0 aliphatic carbocycles. The van der Waals surface area contributed by atoms with E-state index in [-0.39, 0.29) is 9.80 Å². The molecule has 1 aliphatic rings. The Kier molecular flexibility index (Phi) is 6.11.